The van der Waals surface area contributed by atoms with Crippen molar-refractivity contribution in [1.82, 2.24) is 0 Å². The van der Waals surface area contributed by atoms with Crippen LogP contribution in [-0.2, 0) is 11.0 Å². The first-order chi connectivity index (χ1) is 8.14. The van der Waals surface area contributed by atoms with E-state index in [4.69, 9.17) is 5.11 Å². The van der Waals surface area contributed by atoms with Gasteiger partial charge in [0.15, 0.2) is 0 Å². The fourth-order valence-corrected chi connectivity index (χ4v) is 1.55. The first-order valence-corrected chi connectivity index (χ1v) is 5.24. The zero-order valence-electron chi connectivity index (χ0n) is 9.75. The molecule has 18 heavy (non-hydrogen) atoms. The number of carboxylic acids is 1. The Morgan fingerprint density at radius 3 is 2.28 bits per heavy atom. The van der Waals surface area contributed by atoms with Gasteiger partial charge in [0.1, 0.15) is 5.82 Å². The maximum Gasteiger partial charge on any atom is 0.419 e. The zero-order valence-corrected chi connectivity index (χ0v) is 9.75. The van der Waals surface area contributed by atoms with E-state index in [1.54, 1.807) is 0 Å². The number of alkyl halides is 3. The van der Waals surface area contributed by atoms with Gasteiger partial charge in [-0.15, -0.1) is 0 Å². The Morgan fingerprint density at radius 1 is 1.28 bits per heavy atom. The smallest absolute Gasteiger partial charge is 0.419 e. The Kier molecular flexibility index (Phi) is 3.98. The van der Waals surface area contributed by atoms with E-state index in [0.717, 1.165) is 0 Å². The van der Waals surface area contributed by atoms with Crippen LogP contribution in [0, 0.1) is 11.7 Å². The molecule has 100 valence electrons. The van der Waals surface area contributed by atoms with Gasteiger partial charge in [0, 0.05) is 0 Å². The summed E-state index contributed by atoms with van der Waals surface area (Å²) in [7, 11) is 0. The first-order valence-electron chi connectivity index (χ1n) is 5.24. The topological polar surface area (TPSA) is 37.3 Å². The molecule has 0 aliphatic carbocycles. The summed E-state index contributed by atoms with van der Waals surface area (Å²) in [6.07, 6.45) is -4.79. The average Bonchev–Trinajstić information content (AvgIpc) is 2.26. The molecule has 0 spiro atoms. The molecule has 1 N–H and O–H groups in total. The summed E-state index contributed by atoms with van der Waals surface area (Å²) in [6.45, 7) is 2.88. The molecule has 0 amide bonds. The van der Waals surface area contributed by atoms with Gasteiger partial charge in [0.2, 0.25) is 0 Å². The number of benzene rings is 1. The summed E-state index contributed by atoms with van der Waals surface area (Å²) in [5.41, 5.74) is -1.22. The lowest BCUT2D eigenvalue weighted by Gasteiger charge is -2.18. The molecule has 1 rings (SSSR count). The van der Waals surface area contributed by atoms with Gasteiger partial charge in [-0.05, 0) is 23.6 Å². The minimum Gasteiger partial charge on any atom is -0.481 e. The van der Waals surface area contributed by atoms with Gasteiger partial charge in [-0.3, -0.25) is 4.79 Å². The lowest BCUT2D eigenvalue weighted by atomic mass is 9.88. The second kappa shape index (κ2) is 4.96. The standard InChI is InChI=1S/C12H12F4O2/c1-6(7(2)11(17)18)8-3-4-10(13)9(5-8)12(14,15)16/h3-7H,1-2H3,(H,17,18). The Hall–Kier alpha value is -1.59. The van der Waals surface area contributed by atoms with Crippen LogP contribution in [0.25, 0.3) is 0 Å². The fourth-order valence-electron chi connectivity index (χ4n) is 1.55. The van der Waals surface area contributed by atoms with Gasteiger partial charge < -0.3 is 5.11 Å². The summed E-state index contributed by atoms with van der Waals surface area (Å²) >= 11 is 0. The molecule has 0 bridgehead atoms. The van der Waals surface area contributed by atoms with Crippen LogP contribution in [0.2, 0.25) is 0 Å². The second-order valence-corrected chi connectivity index (χ2v) is 4.15. The normalized spacial score (nSPS) is 15.2. The van der Waals surface area contributed by atoms with Gasteiger partial charge >= 0.3 is 12.1 Å². The van der Waals surface area contributed by atoms with Gasteiger partial charge in [-0.1, -0.05) is 19.9 Å². The Morgan fingerprint density at radius 2 is 1.83 bits per heavy atom. The molecule has 0 saturated heterocycles. The van der Waals surface area contributed by atoms with Crippen molar-refractivity contribution in [3.8, 4) is 0 Å². The molecule has 0 heterocycles. The highest BCUT2D eigenvalue weighted by Crippen LogP contribution is 2.34. The summed E-state index contributed by atoms with van der Waals surface area (Å²) in [4.78, 5) is 10.8. The highest BCUT2D eigenvalue weighted by atomic mass is 19.4. The maximum absolute atomic E-state index is 13.1. The van der Waals surface area contributed by atoms with Crippen LogP contribution in [0.1, 0.15) is 30.9 Å². The van der Waals surface area contributed by atoms with Crippen LogP contribution >= 0.6 is 0 Å². The van der Waals surface area contributed by atoms with Crippen molar-refractivity contribution in [3.05, 3.63) is 35.1 Å². The van der Waals surface area contributed by atoms with Crippen molar-refractivity contribution in [2.75, 3.05) is 0 Å². The largest absolute Gasteiger partial charge is 0.481 e. The zero-order chi connectivity index (χ0) is 14.1. The lowest BCUT2D eigenvalue weighted by Crippen LogP contribution is -2.17. The minimum atomic E-state index is -4.79. The number of aliphatic carboxylic acids is 1. The molecule has 0 aromatic heterocycles. The third kappa shape index (κ3) is 3.00. The monoisotopic (exact) mass is 264 g/mol. The number of rotatable bonds is 3. The summed E-state index contributed by atoms with van der Waals surface area (Å²) in [5.74, 6) is -3.96. The number of halogens is 4. The molecule has 0 aliphatic rings. The highest BCUT2D eigenvalue weighted by molar-refractivity contribution is 5.70. The van der Waals surface area contributed by atoms with Gasteiger partial charge in [0.25, 0.3) is 0 Å². The molecule has 6 heteroatoms. The van der Waals surface area contributed by atoms with Crippen LogP contribution < -0.4 is 0 Å². The number of hydrogen-bond acceptors (Lipinski definition) is 1. The van der Waals surface area contributed by atoms with Crippen molar-refractivity contribution < 1.29 is 27.5 Å². The van der Waals surface area contributed by atoms with E-state index >= 15 is 0 Å². The molecule has 0 saturated carbocycles. The molecule has 1 aromatic rings. The summed E-state index contributed by atoms with van der Waals surface area (Å²) in [6, 6.07) is 2.55. The quantitative estimate of drug-likeness (QED) is 0.846. The average molecular weight is 264 g/mol. The molecular formula is C12H12F4O2. The number of hydrogen-bond donors (Lipinski definition) is 1. The minimum absolute atomic E-state index is 0.152. The molecular weight excluding hydrogens is 252 g/mol. The van der Waals surface area contributed by atoms with Crippen LogP contribution in [-0.4, -0.2) is 11.1 Å². The van der Waals surface area contributed by atoms with Crippen molar-refractivity contribution in [1.29, 1.82) is 0 Å². The van der Waals surface area contributed by atoms with E-state index in [0.29, 0.717) is 12.1 Å². The van der Waals surface area contributed by atoms with Crippen LogP contribution in [0.15, 0.2) is 18.2 Å². The second-order valence-electron chi connectivity index (χ2n) is 4.15. The SMILES string of the molecule is CC(C(=O)O)C(C)c1ccc(F)c(C(F)(F)F)c1. The predicted molar refractivity (Wildman–Crippen MR) is 56.6 cm³/mol. The first kappa shape index (κ1) is 14.5. The molecule has 0 radical (unpaired) electrons. The van der Waals surface area contributed by atoms with E-state index < -0.39 is 35.4 Å². The fraction of sp³-hybridized carbons (Fsp3) is 0.417. The van der Waals surface area contributed by atoms with E-state index in [9.17, 15) is 22.4 Å². The van der Waals surface area contributed by atoms with Crippen molar-refractivity contribution in [2.24, 2.45) is 5.92 Å². The molecule has 1 aromatic carbocycles. The lowest BCUT2D eigenvalue weighted by molar-refractivity contribution is -0.141. The van der Waals surface area contributed by atoms with E-state index in [1.165, 1.54) is 19.9 Å². The maximum atomic E-state index is 13.1. The predicted octanol–water partition coefficient (Wildman–Crippen LogP) is 3.67. The molecule has 2 nitrogen and oxygen atoms in total. The van der Waals surface area contributed by atoms with Gasteiger partial charge in [-0.2, -0.15) is 13.2 Å². The number of carbonyl (C=O) groups is 1. The van der Waals surface area contributed by atoms with Crippen molar-refractivity contribution in [3.63, 3.8) is 0 Å². The third-order valence-electron chi connectivity index (χ3n) is 2.96. The van der Waals surface area contributed by atoms with Crippen LogP contribution in [0.4, 0.5) is 17.6 Å². The van der Waals surface area contributed by atoms with E-state index in [-0.39, 0.29) is 5.56 Å². The van der Waals surface area contributed by atoms with Crippen molar-refractivity contribution >= 4 is 5.97 Å². The van der Waals surface area contributed by atoms with Crippen LogP contribution in [0.5, 0.6) is 0 Å². The molecule has 2 atom stereocenters. The number of carboxylic acid groups (broad SMARTS) is 1. The molecule has 0 aliphatic heterocycles. The highest BCUT2D eigenvalue weighted by Gasteiger charge is 2.35. The summed E-state index contributed by atoms with van der Waals surface area (Å²) in [5, 5.41) is 8.80. The summed E-state index contributed by atoms with van der Waals surface area (Å²) < 4.78 is 50.5. The Bertz CT molecular complexity index is 454. The van der Waals surface area contributed by atoms with Gasteiger partial charge in [0.05, 0.1) is 11.5 Å². The van der Waals surface area contributed by atoms with Crippen LogP contribution in [0.3, 0.4) is 0 Å². The Labute approximate surface area is 101 Å². The Balaban J connectivity index is 3.17. The molecule has 0 fully saturated rings. The van der Waals surface area contributed by atoms with Crippen molar-refractivity contribution in [2.45, 2.75) is 25.9 Å². The van der Waals surface area contributed by atoms with E-state index in [2.05, 4.69) is 0 Å². The van der Waals surface area contributed by atoms with Gasteiger partial charge in [-0.25, -0.2) is 4.39 Å². The third-order valence-corrected chi connectivity index (χ3v) is 2.96. The van der Waals surface area contributed by atoms with E-state index in [1.807, 2.05) is 0 Å². The molecule has 2 unspecified atom stereocenters.